The van der Waals surface area contributed by atoms with Crippen LogP contribution in [0.5, 0.6) is 0 Å². The van der Waals surface area contributed by atoms with Crippen LogP contribution in [0.3, 0.4) is 0 Å². The summed E-state index contributed by atoms with van der Waals surface area (Å²) in [5.41, 5.74) is 1.35. The summed E-state index contributed by atoms with van der Waals surface area (Å²) in [6, 6.07) is 4.37. The molecule has 2 rings (SSSR count). The fourth-order valence-corrected chi connectivity index (χ4v) is 2.33. The molecule has 0 radical (unpaired) electrons. The van der Waals surface area contributed by atoms with Crippen LogP contribution in [0.1, 0.15) is 12.5 Å². The lowest BCUT2D eigenvalue weighted by atomic mass is 10.1. The highest BCUT2D eigenvalue weighted by molar-refractivity contribution is 5.54. The summed E-state index contributed by atoms with van der Waals surface area (Å²) in [5, 5.41) is 18.5. The molecule has 1 aliphatic rings. The van der Waals surface area contributed by atoms with Gasteiger partial charge in [0.1, 0.15) is 5.82 Å². The van der Waals surface area contributed by atoms with Gasteiger partial charge in [-0.15, -0.1) is 0 Å². The van der Waals surface area contributed by atoms with Gasteiger partial charge in [-0.05, 0) is 25.1 Å². The van der Waals surface area contributed by atoms with Crippen LogP contribution < -0.4 is 4.90 Å². The Morgan fingerprint density at radius 3 is 2.83 bits per heavy atom. The first-order valence-corrected chi connectivity index (χ1v) is 6.04. The Bertz CT molecular complexity index is 413. The molecule has 2 N–H and O–H groups in total. The second-order valence-electron chi connectivity index (χ2n) is 4.59. The average molecular weight is 255 g/mol. The Kier molecular flexibility index (Phi) is 4.16. The lowest BCUT2D eigenvalue weighted by Crippen LogP contribution is -2.48. The van der Waals surface area contributed by atoms with Gasteiger partial charge in [-0.1, -0.05) is 0 Å². The maximum atomic E-state index is 13.1. The van der Waals surface area contributed by atoms with E-state index >= 15 is 0 Å². The second kappa shape index (κ2) is 5.65. The number of rotatable bonds is 3. The number of anilines is 1. The molecule has 1 aromatic carbocycles. The molecule has 18 heavy (non-hydrogen) atoms. The van der Waals surface area contributed by atoms with Crippen LogP contribution in [0.25, 0.3) is 0 Å². The number of morpholine rings is 1. The normalized spacial score (nSPS) is 24.3. The molecule has 100 valence electrons. The van der Waals surface area contributed by atoms with E-state index in [0.29, 0.717) is 18.7 Å². The highest BCUT2D eigenvalue weighted by Crippen LogP contribution is 2.25. The molecule has 1 saturated heterocycles. The third kappa shape index (κ3) is 2.80. The van der Waals surface area contributed by atoms with Crippen molar-refractivity contribution in [3.05, 3.63) is 29.6 Å². The minimum Gasteiger partial charge on any atom is -0.394 e. The van der Waals surface area contributed by atoms with Gasteiger partial charge in [0.15, 0.2) is 0 Å². The van der Waals surface area contributed by atoms with Crippen molar-refractivity contribution in [2.75, 3.05) is 24.6 Å². The first-order valence-electron chi connectivity index (χ1n) is 6.04. The molecule has 0 bridgehead atoms. The first-order chi connectivity index (χ1) is 8.63. The Morgan fingerprint density at radius 2 is 2.17 bits per heavy atom. The summed E-state index contributed by atoms with van der Waals surface area (Å²) in [5.74, 6) is -0.359. The molecule has 2 atom stereocenters. The second-order valence-corrected chi connectivity index (χ2v) is 4.59. The Morgan fingerprint density at radius 1 is 1.39 bits per heavy atom. The van der Waals surface area contributed by atoms with Crippen LogP contribution in [0, 0.1) is 5.82 Å². The van der Waals surface area contributed by atoms with Crippen LogP contribution in [0.2, 0.25) is 0 Å². The molecule has 1 aliphatic heterocycles. The standard InChI is InChI=1S/C13H18FNO3/c1-9-5-15(6-12(8-17)18-9)13-3-2-11(14)4-10(13)7-16/h2-4,9,12,16-17H,5-8H2,1H3. The molecule has 5 heteroatoms. The molecular formula is C13H18FNO3. The summed E-state index contributed by atoms with van der Waals surface area (Å²) >= 11 is 0. The summed E-state index contributed by atoms with van der Waals surface area (Å²) in [7, 11) is 0. The van der Waals surface area contributed by atoms with Gasteiger partial charge in [-0.3, -0.25) is 0 Å². The van der Waals surface area contributed by atoms with E-state index in [4.69, 9.17) is 4.74 Å². The van der Waals surface area contributed by atoms with Crippen LogP contribution in [0.4, 0.5) is 10.1 Å². The lowest BCUT2D eigenvalue weighted by Gasteiger charge is -2.38. The van der Waals surface area contributed by atoms with Gasteiger partial charge >= 0.3 is 0 Å². The van der Waals surface area contributed by atoms with Crippen molar-refractivity contribution in [3.8, 4) is 0 Å². The number of aliphatic hydroxyl groups is 2. The highest BCUT2D eigenvalue weighted by atomic mass is 19.1. The molecule has 0 amide bonds. The van der Waals surface area contributed by atoms with E-state index in [1.807, 2.05) is 11.8 Å². The van der Waals surface area contributed by atoms with E-state index in [0.717, 1.165) is 5.69 Å². The number of hydrogen-bond acceptors (Lipinski definition) is 4. The zero-order valence-electron chi connectivity index (χ0n) is 10.3. The zero-order valence-corrected chi connectivity index (χ0v) is 10.3. The molecular weight excluding hydrogens is 237 g/mol. The van der Waals surface area contributed by atoms with Gasteiger partial charge < -0.3 is 19.8 Å². The predicted octanol–water partition coefficient (Wildman–Crippen LogP) is 0.904. The molecule has 4 nitrogen and oxygen atoms in total. The van der Waals surface area contributed by atoms with Crippen molar-refractivity contribution in [2.45, 2.75) is 25.7 Å². The van der Waals surface area contributed by atoms with Crippen molar-refractivity contribution < 1.29 is 19.3 Å². The lowest BCUT2D eigenvalue weighted by molar-refractivity contribution is -0.0421. The minimum atomic E-state index is -0.359. The van der Waals surface area contributed by atoms with Crippen molar-refractivity contribution in [3.63, 3.8) is 0 Å². The Balaban J connectivity index is 2.24. The van der Waals surface area contributed by atoms with Crippen molar-refractivity contribution in [2.24, 2.45) is 0 Å². The number of aliphatic hydroxyl groups excluding tert-OH is 2. The predicted molar refractivity (Wildman–Crippen MR) is 66.0 cm³/mol. The molecule has 1 heterocycles. The Labute approximate surface area is 106 Å². The fraction of sp³-hybridized carbons (Fsp3) is 0.538. The monoisotopic (exact) mass is 255 g/mol. The zero-order chi connectivity index (χ0) is 13.1. The van der Waals surface area contributed by atoms with E-state index < -0.39 is 0 Å². The molecule has 0 spiro atoms. The van der Waals surface area contributed by atoms with Gasteiger partial charge in [0.05, 0.1) is 25.4 Å². The summed E-state index contributed by atoms with van der Waals surface area (Å²) in [6.07, 6.45) is -0.252. The summed E-state index contributed by atoms with van der Waals surface area (Å²) in [4.78, 5) is 2.01. The minimum absolute atomic E-state index is 0.00695. The topological polar surface area (TPSA) is 52.9 Å². The van der Waals surface area contributed by atoms with E-state index in [1.54, 1.807) is 6.07 Å². The SMILES string of the molecule is CC1CN(c2ccc(F)cc2CO)CC(CO)O1. The fourth-order valence-electron chi connectivity index (χ4n) is 2.33. The first kappa shape index (κ1) is 13.3. The van der Waals surface area contributed by atoms with Crippen LogP contribution in [-0.2, 0) is 11.3 Å². The third-order valence-corrected chi connectivity index (χ3v) is 3.08. The molecule has 1 fully saturated rings. The summed E-state index contributed by atoms with van der Waals surface area (Å²) < 4.78 is 18.7. The molecule has 0 aliphatic carbocycles. The van der Waals surface area contributed by atoms with Gasteiger partial charge in [-0.2, -0.15) is 0 Å². The summed E-state index contributed by atoms with van der Waals surface area (Å²) in [6.45, 7) is 2.88. The highest BCUT2D eigenvalue weighted by Gasteiger charge is 2.26. The molecule has 2 unspecified atom stereocenters. The molecule has 1 aromatic rings. The number of hydrogen-bond donors (Lipinski definition) is 2. The van der Waals surface area contributed by atoms with Crippen LogP contribution >= 0.6 is 0 Å². The Hall–Kier alpha value is -1.17. The van der Waals surface area contributed by atoms with E-state index in [9.17, 15) is 14.6 Å². The van der Waals surface area contributed by atoms with E-state index in [-0.39, 0.29) is 31.2 Å². The quantitative estimate of drug-likeness (QED) is 0.842. The van der Waals surface area contributed by atoms with Gasteiger partial charge in [0, 0.05) is 24.3 Å². The number of ether oxygens (including phenoxy) is 1. The van der Waals surface area contributed by atoms with Crippen LogP contribution in [-0.4, -0.2) is 42.1 Å². The van der Waals surface area contributed by atoms with Crippen LogP contribution in [0.15, 0.2) is 18.2 Å². The van der Waals surface area contributed by atoms with Crippen molar-refractivity contribution in [1.29, 1.82) is 0 Å². The molecule has 0 saturated carbocycles. The largest absolute Gasteiger partial charge is 0.394 e. The third-order valence-electron chi connectivity index (χ3n) is 3.08. The smallest absolute Gasteiger partial charge is 0.123 e. The maximum Gasteiger partial charge on any atom is 0.123 e. The maximum absolute atomic E-state index is 13.1. The molecule has 0 aromatic heterocycles. The van der Waals surface area contributed by atoms with E-state index in [1.165, 1.54) is 12.1 Å². The number of halogens is 1. The average Bonchev–Trinajstić information content (AvgIpc) is 2.37. The van der Waals surface area contributed by atoms with E-state index in [2.05, 4.69) is 0 Å². The number of nitrogens with zero attached hydrogens (tertiary/aromatic N) is 1. The van der Waals surface area contributed by atoms with Gasteiger partial charge in [0.2, 0.25) is 0 Å². The van der Waals surface area contributed by atoms with Gasteiger partial charge in [-0.25, -0.2) is 4.39 Å². The van der Waals surface area contributed by atoms with Gasteiger partial charge in [0.25, 0.3) is 0 Å². The van der Waals surface area contributed by atoms with Crippen molar-refractivity contribution >= 4 is 5.69 Å². The number of benzene rings is 1. The van der Waals surface area contributed by atoms with Crippen molar-refractivity contribution in [1.82, 2.24) is 0 Å².